The molecule has 2 heterocycles. The third-order valence-electron chi connectivity index (χ3n) is 8.27. The van der Waals surface area contributed by atoms with E-state index in [9.17, 15) is 16.8 Å². The number of benzene rings is 3. The first-order valence-electron chi connectivity index (χ1n) is 14.1. The molecule has 8 nitrogen and oxygen atoms in total. The van der Waals surface area contributed by atoms with E-state index in [0.29, 0.717) is 61.5 Å². The van der Waals surface area contributed by atoms with Crippen LogP contribution in [0.15, 0.2) is 76.5 Å². The molecule has 0 amide bonds. The van der Waals surface area contributed by atoms with Crippen molar-refractivity contribution >= 4 is 25.7 Å². The van der Waals surface area contributed by atoms with Gasteiger partial charge in [-0.15, -0.1) is 0 Å². The Labute approximate surface area is 244 Å². The number of ether oxygens (including phenoxy) is 1. The highest BCUT2D eigenvalue weighted by Gasteiger charge is 2.33. The first-order chi connectivity index (χ1) is 19.6. The molecule has 0 bridgehead atoms. The Hall–Kier alpha value is -2.92. The molecule has 0 saturated carbocycles. The van der Waals surface area contributed by atoms with Gasteiger partial charge in [0.15, 0.2) is 0 Å². The maximum atomic E-state index is 13.7. The summed E-state index contributed by atoms with van der Waals surface area (Å²) in [5, 5.41) is 0. The van der Waals surface area contributed by atoms with Crippen LogP contribution in [0.25, 0.3) is 0 Å². The van der Waals surface area contributed by atoms with Crippen LogP contribution in [0.5, 0.6) is 5.75 Å². The van der Waals surface area contributed by atoms with Crippen molar-refractivity contribution in [1.29, 1.82) is 0 Å². The summed E-state index contributed by atoms with van der Waals surface area (Å²) in [5.74, 6) is 1.03. The van der Waals surface area contributed by atoms with Crippen LogP contribution in [0, 0.1) is 19.8 Å². The molecule has 10 heteroatoms. The van der Waals surface area contributed by atoms with E-state index in [1.807, 2.05) is 49.1 Å². The molecule has 0 aliphatic carbocycles. The van der Waals surface area contributed by atoms with E-state index >= 15 is 0 Å². The van der Waals surface area contributed by atoms with Crippen molar-refractivity contribution in [2.75, 3.05) is 51.3 Å². The second-order valence-corrected chi connectivity index (χ2v) is 14.9. The van der Waals surface area contributed by atoms with E-state index in [4.69, 9.17) is 4.74 Å². The summed E-state index contributed by atoms with van der Waals surface area (Å²) in [7, 11) is -5.75. The summed E-state index contributed by atoms with van der Waals surface area (Å²) in [4.78, 5) is 2.59. The van der Waals surface area contributed by atoms with Crippen LogP contribution < -0.4 is 9.64 Å². The average molecular weight is 598 g/mol. The second-order valence-electron chi connectivity index (χ2n) is 11.0. The molecule has 2 saturated heterocycles. The topological polar surface area (TPSA) is 87.2 Å². The predicted molar refractivity (Wildman–Crippen MR) is 162 cm³/mol. The van der Waals surface area contributed by atoms with Crippen molar-refractivity contribution in [2.45, 2.75) is 42.9 Å². The van der Waals surface area contributed by atoms with Crippen molar-refractivity contribution in [1.82, 2.24) is 8.61 Å². The van der Waals surface area contributed by atoms with Gasteiger partial charge in [0, 0.05) is 39.3 Å². The van der Waals surface area contributed by atoms with E-state index in [1.54, 1.807) is 35.7 Å². The lowest BCUT2D eigenvalue weighted by Gasteiger charge is -2.36. The average Bonchev–Trinajstić information content (AvgIpc) is 2.99. The van der Waals surface area contributed by atoms with E-state index < -0.39 is 20.0 Å². The minimum atomic E-state index is -3.68. The standard InChI is InChI=1S/C31H39N3O5S2/c1-24-9-10-25(2)31(21-24)41(37,38)34-19-17-32(18-20-34)29-23-28(11-12-30(29)39-3)40(35,36)33-15-13-27(14-16-33)22-26-7-5-4-6-8-26/h4-12,21,23,27H,13-20,22H2,1-3H3. The van der Waals surface area contributed by atoms with Gasteiger partial charge < -0.3 is 9.64 Å². The van der Waals surface area contributed by atoms with Crippen LogP contribution in [0.1, 0.15) is 29.5 Å². The van der Waals surface area contributed by atoms with Crippen LogP contribution in [0.2, 0.25) is 0 Å². The number of aryl methyl sites for hydroxylation is 2. The zero-order valence-electron chi connectivity index (χ0n) is 24.0. The Morgan fingerprint density at radius 2 is 1.41 bits per heavy atom. The number of methoxy groups -OCH3 is 1. The molecule has 3 aromatic carbocycles. The van der Waals surface area contributed by atoms with Crippen LogP contribution in [0.3, 0.4) is 0 Å². The maximum Gasteiger partial charge on any atom is 0.243 e. The fourth-order valence-corrected chi connectivity index (χ4v) is 9.04. The highest BCUT2D eigenvalue weighted by atomic mass is 32.2. The van der Waals surface area contributed by atoms with Gasteiger partial charge in [0.05, 0.1) is 22.6 Å². The highest BCUT2D eigenvalue weighted by molar-refractivity contribution is 7.89. The molecular weight excluding hydrogens is 558 g/mol. The van der Waals surface area contributed by atoms with E-state index in [-0.39, 0.29) is 4.90 Å². The number of nitrogens with zero attached hydrogens (tertiary/aromatic N) is 3. The van der Waals surface area contributed by atoms with Gasteiger partial charge in [-0.1, -0.05) is 42.5 Å². The Bertz CT molecular complexity index is 1580. The van der Waals surface area contributed by atoms with E-state index in [0.717, 1.165) is 30.4 Å². The normalized spacial score (nSPS) is 18.0. The maximum absolute atomic E-state index is 13.7. The van der Waals surface area contributed by atoms with Gasteiger partial charge in [-0.25, -0.2) is 16.8 Å². The van der Waals surface area contributed by atoms with Crippen LogP contribution in [-0.2, 0) is 26.5 Å². The molecule has 0 spiro atoms. The van der Waals surface area contributed by atoms with E-state index in [1.165, 1.54) is 9.87 Å². The molecule has 0 N–H and O–H groups in total. The molecule has 0 unspecified atom stereocenters. The number of hydrogen-bond acceptors (Lipinski definition) is 6. The molecule has 41 heavy (non-hydrogen) atoms. The van der Waals surface area contributed by atoms with Gasteiger partial charge in [0.1, 0.15) is 5.75 Å². The molecule has 0 atom stereocenters. The SMILES string of the molecule is COc1ccc(S(=O)(=O)N2CCC(Cc3ccccc3)CC2)cc1N1CCN(S(=O)(=O)c2cc(C)ccc2C)CC1. The molecule has 0 radical (unpaired) electrons. The smallest absolute Gasteiger partial charge is 0.243 e. The molecule has 220 valence electrons. The number of anilines is 1. The van der Waals surface area contributed by atoms with Crippen molar-refractivity contribution in [2.24, 2.45) is 5.92 Å². The third-order valence-corrected chi connectivity index (χ3v) is 12.2. The lowest BCUT2D eigenvalue weighted by Crippen LogP contribution is -2.49. The Morgan fingerprint density at radius 1 is 0.756 bits per heavy atom. The fourth-order valence-electron chi connectivity index (χ4n) is 5.82. The lowest BCUT2D eigenvalue weighted by molar-refractivity contribution is 0.273. The summed E-state index contributed by atoms with van der Waals surface area (Å²) in [6, 6.07) is 20.8. The third kappa shape index (κ3) is 6.30. The second kappa shape index (κ2) is 12.1. The molecule has 3 aromatic rings. The molecular formula is C31H39N3O5S2. The fraction of sp³-hybridized carbons (Fsp3) is 0.419. The van der Waals surface area contributed by atoms with Gasteiger partial charge in [-0.2, -0.15) is 8.61 Å². The van der Waals surface area contributed by atoms with Crippen molar-refractivity contribution in [3.8, 4) is 5.75 Å². The summed E-state index contributed by atoms with van der Waals surface area (Å²) < 4.78 is 62.8. The van der Waals surface area contributed by atoms with Crippen molar-refractivity contribution in [3.05, 3.63) is 83.4 Å². The van der Waals surface area contributed by atoms with Crippen molar-refractivity contribution in [3.63, 3.8) is 0 Å². The summed E-state index contributed by atoms with van der Waals surface area (Å²) in [5.41, 5.74) is 3.57. The number of piperazine rings is 1. The Morgan fingerprint density at radius 3 is 2.07 bits per heavy atom. The Balaban J connectivity index is 1.28. The molecule has 5 rings (SSSR count). The number of rotatable bonds is 8. The van der Waals surface area contributed by atoms with Gasteiger partial charge in [-0.3, -0.25) is 0 Å². The number of piperidine rings is 1. The minimum Gasteiger partial charge on any atom is -0.495 e. The number of hydrogen-bond donors (Lipinski definition) is 0. The van der Waals surface area contributed by atoms with Gasteiger partial charge in [0.2, 0.25) is 20.0 Å². The quantitative estimate of drug-likeness (QED) is 0.381. The summed E-state index contributed by atoms with van der Waals surface area (Å²) in [6.45, 7) is 6.13. The van der Waals surface area contributed by atoms with Gasteiger partial charge >= 0.3 is 0 Å². The monoisotopic (exact) mass is 597 g/mol. The summed E-state index contributed by atoms with van der Waals surface area (Å²) >= 11 is 0. The Kier molecular flexibility index (Phi) is 8.75. The van der Waals surface area contributed by atoms with Crippen LogP contribution >= 0.6 is 0 Å². The summed E-state index contributed by atoms with van der Waals surface area (Å²) in [6.07, 6.45) is 2.62. The first kappa shape index (κ1) is 29.6. The molecule has 2 fully saturated rings. The molecule has 0 aromatic heterocycles. The van der Waals surface area contributed by atoms with Crippen LogP contribution in [-0.4, -0.2) is 71.8 Å². The highest BCUT2D eigenvalue weighted by Crippen LogP contribution is 2.35. The predicted octanol–water partition coefficient (Wildman–Crippen LogP) is 4.47. The molecule has 2 aliphatic rings. The zero-order valence-corrected chi connectivity index (χ0v) is 25.6. The van der Waals surface area contributed by atoms with Crippen LogP contribution in [0.4, 0.5) is 5.69 Å². The first-order valence-corrected chi connectivity index (χ1v) is 17.0. The van der Waals surface area contributed by atoms with Gasteiger partial charge in [-0.05, 0) is 80.0 Å². The zero-order chi connectivity index (χ0) is 29.2. The lowest BCUT2D eigenvalue weighted by atomic mass is 9.91. The van der Waals surface area contributed by atoms with Gasteiger partial charge in [0.25, 0.3) is 0 Å². The minimum absolute atomic E-state index is 0.236. The largest absolute Gasteiger partial charge is 0.495 e. The van der Waals surface area contributed by atoms with Crippen molar-refractivity contribution < 1.29 is 21.6 Å². The molecule has 2 aliphatic heterocycles. The number of sulfonamides is 2. The van der Waals surface area contributed by atoms with E-state index in [2.05, 4.69) is 12.1 Å².